The van der Waals surface area contributed by atoms with Crippen molar-refractivity contribution in [3.8, 4) is 0 Å². The number of nitrogens with zero attached hydrogens (tertiary/aromatic N) is 1. The SMILES string of the molecule is CC(Cc1cccs1)N(C)C(=O)CC1(C(=O)O)CCCC1. The number of carbonyl (C=O) groups excluding carboxylic acids is 1. The Balaban J connectivity index is 1.96. The van der Waals surface area contributed by atoms with Gasteiger partial charge in [0.15, 0.2) is 0 Å². The van der Waals surface area contributed by atoms with E-state index in [2.05, 4.69) is 6.07 Å². The Morgan fingerprint density at radius 3 is 2.62 bits per heavy atom. The highest BCUT2D eigenvalue weighted by Crippen LogP contribution is 2.41. The van der Waals surface area contributed by atoms with Crippen LogP contribution in [0.4, 0.5) is 0 Å². The zero-order valence-electron chi connectivity index (χ0n) is 12.7. The van der Waals surface area contributed by atoms with Crippen molar-refractivity contribution in [1.82, 2.24) is 4.90 Å². The van der Waals surface area contributed by atoms with E-state index in [0.717, 1.165) is 19.3 Å². The highest BCUT2D eigenvalue weighted by molar-refractivity contribution is 7.09. The molecule has 0 aliphatic heterocycles. The van der Waals surface area contributed by atoms with Gasteiger partial charge in [-0.15, -0.1) is 11.3 Å². The van der Waals surface area contributed by atoms with Crippen molar-refractivity contribution in [3.05, 3.63) is 22.4 Å². The van der Waals surface area contributed by atoms with Crippen LogP contribution < -0.4 is 0 Å². The van der Waals surface area contributed by atoms with Gasteiger partial charge in [-0.25, -0.2) is 0 Å². The molecule has 5 heteroatoms. The third-order valence-electron chi connectivity index (χ3n) is 4.64. The van der Waals surface area contributed by atoms with Gasteiger partial charge in [-0.3, -0.25) is 9.59 Å². The van der Waals surface area contributed by atoms with E-state index in [4.69, 9.17) is 0 Å². The molecule has 0 saturated heterocycles. The Hall–Kier alpha value is -1.36. The number of carbonyl (C=O) groups is 2. The smallest absolute Gasteiger partial charge is 0.310 e. The first-order chi connectivity index (χ1) is 9.94. The molecule has 1 aromatic rings. The lowest BCUT2D eigenvalue weighted by Gasteiger charge is -2.29. The summed E-state index contributed by atoms with van der Waals surface area (Å²) in [5, 5.41) is 11.5. The van der Waals surface area contributed by atoms with Crippen molar-refractivity contribution in [2.75, 3.05) is 7.05 Å². The van der Waals surface area contributed by atoms with Crippen LogP contribution in [0.15, 0.2) is 17.5 Å². The van der Waals surface area contributed by atoms with Gasteiger partial charge in [-0.1, -0.05) is 18.9 Å². The van der Waals surface area contributed by atoms with Crippen LogP contribution >= 0.6 is 11.3 Å². The summed E-state index contributed by atoms with van der Waals surface area (Å²) in [6, 6.07) is 4.16. The summed E-state index contributed by atoms with van der Waals surface area (Å²) in [7, 11) is 1.78. The molecule has 1 fully saturated rings. The molecule has 0 aromatic carbocycles. The fraction of sp³-hybridized carbons (Fsp3) is 0.625. The van der Waals surface area contributed by atoms with E-state index in [0.29, 0.717) is 12.8 Å². The molecule has 116 valence electrons. The predicted molar refractivity (Wildman–Crippen MR) is 83.4 cm³/mol. The molecule has 1 saturated carbocycles. The van der Waals surface area contributed by atoms with E-state index < -0.39 is 11.4 Å². The fourth-order valence-corrected chi connectivity index (χ4v) is 3.86. The van der Waals surface area contributed by atoms with Crippen molar-refractivity contribution in [2.45, 2.75) is 51.5 Å². The Kier molecular flexibility index (Phi) is 5.04. The molecular formula is C16H23NO3S. The number of hydrogen-bond acceptors (Lipinski definition) is 3. The van der Waals surface area contributed by atoms with Crippen LogP contribution in [0, 0.1) is 5.41 Å². The van der Waals surface area contributed by atoms with Crippen LogP contribution in [0.2, 0.25) is 0 Å². The second-order valence-corrected chi connectivity index (χ2v) is 7.14. The van der Waals surface area contributed by atoms with Gasteiger partial charge in [-0.05, 0) is 31.2 Å². The molecule has 0 bridgehead atoms. The van der Waals surface area contributed by atoms with Crippen molar-refractivity contribution < 1.29 is 14.7 Å². The number of thiophene rings is 1. The molecule has 1 heterocycles. The first kappa shape index (κ1) is 16.0. The summed E-state index contributed by atoms with van der Waals surface area (Å²) in [5.74, 6) is -0.865. The van der Waals surface area contributed by atoms with Crippen LogP contribution in [0.25, 0.3) is 0 Å². The van der Waals surface area contributed by atoms with Gasteiger partial charge in [0.25, 0.3) is 0 Å². The maximum absolute atomic E-state index is 12.4. The third-order valence-corrected chi connectivity index (χ3v) is 5.53. The molecule has 1 aliphatic carbocycles. The van der Waals surface area contributed by atoms with Gasteiger partial charge in [0, 0.05) is 30.8 Å². The third kappa shape index (κ3) is 3.64. The molecule has 21 heavy (non-hydrogen) atoms. The number of likely N-dealkylation sites (N-methyl/N-ethyl adjacent to an activating group) is 1. The second-order valence-electron chi connectivity index (χ2n) is 6.11. The molecule has 1 unspecified atom stereocenters. The Bertz CT molecular complexity index is 492. The molecule has 1 aliphatic rings. The molecule has 1 aromatic heterocycles. The molecule has 1 N–H and O–H groups in total. The Morgan fingerprint density at radius 2 is 2.10 bits per heavy atom. The first-order valence-corrected chi connectivity index (χ1v) is 8.34. The average molecular weight is 309 g/mol. The van der Waals surface area contributed by atoms with Crippen molar-refractivity contribution >= 4 is 23.2 Å². The summed E-state index contributed by atoms with van der Waals surface area (Å²) in [6.07, 6.45) is 4.03. The van der Waals surface area contributed by atoms with Crippen molar-refractivity contribution in [1.29, 1.82) is 0 Å². The van der Waals surface area contributed by atoms with E-state index in [1.807, 2.05) is 18.4 Å². The topological polar surface area (TPSA) is 57.6 Å². The maximum Gasteiger partial charge on any atom is 0.310 e. The van der Waals surface area contributed by atoms with Gasteiger partial charge < -0.3 is 10.0 Å². The molecule has 1 atom stereocenters. The van der Waals surface area contributed by atoms with Crippen molar-refractivity contribution in [2.24, 2.45) is 5.41 Å². The van der Waals surface area contributed by atoms with Crippen molar-refractivity contribution in [3.63, 3.8) is 0 Å². The van der Waals surface area contributed by atoms with Crippen LogP contribution in [-0.4, -0.2) is 35.0 Å². The molecule has 2 rings (SSSR count). The lowest BCUT2D eigenvalue weighted by molar-refractivity contribution is -0.153. The minimum atomic E-state index is -0.825. The van der Waals surface area contributed by atoms with E-state index >= 15 is 0 Å². The Labute approximate surface area is 129 Å². The fourth-order valence-electron chi connectivity index (χ4n) is 3.03. The van der Waals surface area contributed by atoms with Gasteiger partial charge in [0.2, 0.25) is 5.91 Å². The second kappa shape index (κ2) is 6.60. The number of aliphatic carboxylic acids is 1. The minimum Gasteiger partial charge on any atom is -0.481 e. The highest BCUT2D eigenvalue weighted by atomic mass is 32.1. The van der Waals surface area contributed by atoms with Gasteiger partial charge in [-0.2, -0.15) is 0 Å². The van der Waals surface area contributed by atoms with Crippen LogP contribution in [0.3, 0.4) is 0 Å². The average Bonchev–Trinajstić information content (AvgIpc) is 3.09. The molecule has 1 amide bonds. The van der Waals surface area contributed by atoms with Gasteiger partial charge in [0.1, 0.15) is 0 Å². The summed E-state index contributed by atoms with van der Waals surface area (Å²) in [5.41, 5.74) is -0.825. The Morgan fingerprint density at radius 1 is 1.43 bits per heavy atom. The number of rotatable bonds is 6. The number of carboxylic acids is 1. The zero-order valence-corrected chi connectivity index (χ0v) is 13.5. The number of hydrogen-bond donors (Lipinski definition) is 1. The summed E-state index contributed by atoms with van der Waals surface area (Å²) in [4.78, 5) is 26.9. The van der Waals surface area contributed by atoms with Gasteiger partial charge in [0.05, 0.1) is 5.41 Å². The quantitative estimate of drug-likeness (QED) is 0.878. The van der Waals surface area contributed by atoms with E-state index in [1.54, 1.807) is 23.3 Å². The lowest BCUT2D eigenvalue weighted by atomic mass is 9.82. The zero-order chi connectivity index (χ0) is 15.5. The summed E-state index contributed by atoms with van der Waals surface area (Å²) >= 11 is 1.69. The molecular weight excluding hydrogens is 286 g/mol. The first-order valence-electron chi connectivity index (χ1n) is 7.46. The largest absolute Gasteiger partial charge is 0.481 e. The van der Waals surface area contributed by atoms with E-state index in [9.17, 15) is 14.7 Å². The molecule has 0 spiro atoms. The highest BCUT2D eigenvalue weighted by Gasteiger charge is 2.43. The standard InChI is InChI=1S/C16H23NO3S/c1-12(10-13-6-5-9-21-13)17(2)14(18)11-16(15(19)20)7-3-4-8-16/h5-6,9,12H,3-4,7-8,10-11H2,1-2H3,(H,19,20). The summed E-state index contributed by atoms with van der Waals surface area (Å²) in [6.45, 7) is 2.01. The minimum absolute atomic E-state index is 0.0524. The number of amides is 1. The van der Waals surface area contributed by atoms with E-state index in [1.165, 1.54) is 4.88 Å². The monoisotopic (exact) mass is 309 g/mol. The van der Waals surface area contributed by atoms with Crippen LogP contribution in [-0.2, 0) is 16.0 Å². The lowest BCUT2D eigenvalue weighted by Crippen LogP contribution is -2.41. The normalized spacial score (nSPS) is 18.4. The van der Waals surface area contributed by atoms with Crippen LogP contribution in [0.1, 0.15) is 43.9 Å². The maximum atomic E-state index is 12.4. The van der Waals surface area contributed by atoms with Crippen LogP contribution in [0.5, 0.6) is 0 Å². The number of carboxylic acid groups (broad SMARTS) is 1. The molecule has 4 nitrogen and oxygen atoms in total. The summed E-state index contributed by atoms with van der Waals surface area (Å²) < 4.78 is 0. The van der Waals surface area contributed by atoms with Gasteiger partial charge >= 0.3 is 5.97 Å². The molecule has 0 radical (unpaired) electrons. The predicted octanol–water partition coefficient (Wildman–Crippen LogP) is 3.17. The van der Waals surface area contributed by atoms with E-state index in [-0.39, 0.29) is 18.4 Å².